The molecule has 20 heavy (non-hydrogen) atoms. The highest BCUT2D eigenvalue weighted by molar-refractivity contribution is 6.29. The van der Waals surface area contributed by atoms with Gasteiger partial charge >= 0.3 is 11.2 Å². The fraction of sp³-hybridized carbons (Fsp3) is 0.500. The summed E-state index contributed by atoms with van der Waals surface area (Å²) in [7, 11) is 0. The Morgan fingerprint density at radius 2 is 2.15 bits per heavy atom. The molecule has 0 unspecified atom stereocenters. The van der Waals surface area contributed by atoms with Gasteiger partial charge in [-0.05, 0) is 18.4 Å². The average molecular weight is 297 g/mol. The quantitative estimate of drug-likeness (QED) is 0.877. The zero-order chi connectivity index (χ0) is 14.9. The fourth-order valence-electron chi connectivity index (χ4n) is 2.26. The number of aromatic hydroxyl groups is 1. The van der Waals surface area contributed by atoms with E-state index in [1.165, 1.54) is 4.52 Å². The minimum absolute atomic E-state index is 0.0367. The van der Waals surface area contributed by atoms with E-state index in [1.807, 2.05) is 6.92 Å². The molecule has 5 nitrogen and oxygen atoms in total. The summed E-state index contributed by atoms with van der Waals surface area (Å²) in [4.78, 5) is 12.4. The number of aromatic nitrogens is 3. The van der Waals surface area contributed by atoms with Crippen molar-refractivity contribution in [3.05, 3.63) is 33.2 Å². The second-order valence-corrected chi connectivity index (χ2v) is 5.68. The highest BCUT2D eigenvalue weighted by atomic mass is 35.5. The zero-order valence-electron chi connectivity index (χ0n) is 11.9. The molecule has 0 saturated carbocycles. The topological polar surface area (TPSA) is 58.5 Å². The van der Waals surface area contributed by atoms with Crippen molar-refractivity contribution >= 4 is 17.2 Å². The molecular formula is C14H19ClN3O2+. The van der Waals surface area contributed by atoms with Gasteiger partial charge in [-0.15, -0.1) is 0 Å². The van der Waals surface area contributed by atoms with E-state index in [2.05, 4.69) is 18.9 Å². The lowest BCUT2D eigenvalue weighted by Crippen LogP contribution is -2.44. The van der Waals surface area contributed by atoms with Crippen LogP contribution in [0.15, 0.2) is 16.9 Å². The monoisotopic (exact) mass is 296 g/mol. The Kier molecular flexibility index (Phi) is 4.28. The van der Waals surface area contributed by atoms with Crippen molar-refractivity contribution in [3.8, 4) is 5.88 Å². The summed E-state index contributed by atoms with van der Waals surface area (Å²) in [6.07, 6.45) is 1.29. The van der Waals surface area contributed by atoms with Crippen molar-refractivity contribution in [2.45, 2.75) is 40.2 Å². The van der Waals surface area contributed by atoms with Crippen LogP contribution in [0.1, 0.15) is 32.8 Å². The molecule has 6 heteroatoms. The fourth-order valence-corrected chi connectivity index (χ4v) is 2.40. The van der Waals surface area contributed by atoms with Crippen LogP contribution in [0, 0.1) is 5.92 Å². The normalized spacial score (nSPS) is 11.4. The van der Waals surface area contributed by atoms with E-state index in [0.717, 1.165) is 6.42 Å². The second kappa shape index (κ2) is 5.79. The van der Waals surface area contributed by atoms with Gasteiger partial charge in [-0.2, -0.15) is 4.57 Å². The Labute approximate surface area is 122 Å². The van der Waals surface area contributed by atoms with E-state index in [0.29, 0.717) is 30.1 Å². The third-order valence-corrected chi connectivity index (χ3v) is 3.28. The summed E-state index contributed by atoms with van der Waals surface area (Å²) in [5, 5.41) is 14.7. The number of halogens is 1. The molecule has 0 saturated heterocycles. The van der Waals surface area contributed by atoms with Gasteiger partial charge in [0.05, 0.1) is 6.54 Å². The Bertz CT molecular complexity index is 695. The lowest BCUT2D eigenvalue weighted by molar-refractivity contribution is -0.687. The molecule has 0 aliphatic carbocycles. The Morgan fingerprint density at radius 3 is 2.75 bits per heavy atom. The zero-order valence-corrected chi connectivity index (χ0v) is 12.7. The number of rotatable bonds is 4. The number of hydrogen-bond donors (Lipinski definition) is 1. The van der Waals surface area contributed by atoms with Crippen molar-refractivity contribution in [1.29, 1.82) is 0 Å². The molecular weight excluding hydrogens is 278 g/mol. The maximum Gasteiger partial charge on any atom is 0.370 e. The number of nitrogens with zero attached hydrogens (tertiary/aromatic N) is 3. The van der Waals surface area contributed by atoms with Gasteiger partial charge in [-0.3, -0.25) is 0 Å². The Morgan fingerprint density at radius 1 is 1.45 bits per heavy atom. The summed E-state index contributed by atoms with van der Waals surface area (Å²) in [6, 6.07) is 3.32. The molecule has 2 heterocycles. The Balaban J connectivity index is 2.84. The maximum absolute atomic E-state index is 12.4. The molecule has 1 N–H and O–H groups in total. The molecule has 0 radical (unpaired) electrons. The molecule has 2 rings (SSSR count). The van der Waals surface area contributed by atoms with Crippen molar-refractivity contribution in [2.24, 2.45) is 5.92 Å². The van der Waals surface area contributed by atoms with Crippen LogP contribution in [0.25, 0.3) is 5.65 Å². The molecule has 0 aliphatic rings. The van der Waals surface area contributed by atoms with Gasteiger partial charge in [-0.1, -0.05) is 48.4 Å². The molecule has 0 bridgehead atoms. The third-order valence-electron chi connectivity index (χ3n) is 3.08. The van der Waals surface area contributed by atoms with Crippen LogP contribution in [-0.4, -0.2) is 14.7 Å². The van der Waals surface area contributed by atoms with Gasteiger partial charge in [0.2, 0.25) is 0 Å². The summed E-state index contributed by atoms with van der Waals surface area (Å²) < 4.78 is 3.00. The third kappa shape index (κ3) is 2.63. The molecule has 108 valence electrons. The van der Waals surface area contributed by atoms with Crippen molar-refractivity contribution in [2.75, 3.05) is 0 Å². The van der Waals surface area contributed by atoms with Crippen molar-refractivity contribution < 1.29 is 9.67 Å². The summed E-state index contributed by atoms with van der Waals surface area (Å²) in [5.74, 6) is 0.368. The Hall–Kier alpha value is -1.62. The molecule has 0 spiro atoms. The first-order valence-electron chi connectivity index (χ1n) is 6.79. The molecule has 2 aromatic rings. The first-order chi connectivity index (χ1) is 9.45. The van der Waals surface area contributed by atoms with Crippen LogP contribution in [0.5, 0.6) is 5.88 Å². The lowest BCUT2D eigenvalue weighted by Gasteiger charge is -2.10. The summed E-state index contributed by atoms with van der Waals surface area (Å²) in [6.45, 7) is 6.68. The minimum Gasteiger partial charge on any atom is -0.477 e. The highest BCUT2D eigenvalue weighted by Crippen LogP contribution is 2.13. The van der Waals surface area contributed by atoms with E-state index in [9.17, 15) is 9.90 Å². The standard InChI is InChI=1S/C14H18ClN3O2/c1-4-5-10-13(19)17(8-9(2)3)12-7-6-11(15)16-18(12)14(10)20/h6-7,9H,4-5,8H2,1-3H3/p+1. The van der Waals surface area contributed by atoms with Gasteiger partial charge in [0.25, 0.3) is 5.88 Å². The van der Waals surface area contributed by atoms with Crippen LogP contribution in [-0.2, 0) is 13.0 Å². The van der Waals surface area contributed by atoms with Crippen molar-refractivity contribution in [1.82, 2.24) is 9.61 Å². The predicted molar refractivity (Wildman–Crippen MR) is 77.2 cm³/mol. The van der Waals surface area contributed by atoms with E-state index in [-0.39, 0.29) is 16.6 Å². The van der Waals surface area contributed by atoms with E-state index < -0.39 is 0 Å². The largest absolute Gasteiger partial charge is 0.477 e. The van der Waals surface area contributed by atoms with Gasteiger partial charge in [0, 0.05) is 6.07 Å². The first kappa shape index (κ1) is 14.8. The molecule has 0 atom stereocenters. The first-order valence-corrected chi connectivity index (χ1v) is 7.16. The smallest absolute Gasteiger partial charge is 0.370 e. The minimum atomic E-state index is -0.304. The van der Waals surface area contributed by atoms with Gasteiger partial charge in [0.15, 0.2) is 5.15 Å². The number of fused-ring (bicyclic) bond motifs is 1. The molecule has 0 aliphatic heterocycles. The molecule has 0 amide bonds. The molecule has 0 aromatic carbocycles. The highest BCUT2D eigenvalue weighted by Gasteiger charge is 2.24. The van der Waals surface area contributed by atoms with Crippen LogP contribution >= 0.6 is 11.6 Å². The van der Waals surface area contributed by atoms with E-state index in [4.69, 9.17) is 11.6 Å². The average Bonchev–Trinajstić information content (AvgIpc) is 2.39. The van der Waals surface area contributed by atoms with Gasteiger partial charge in [0.1, 0.15) is 5.56 Å². The van der Waals surface area contributed by atoms with Crippen molar-refractivity contribution in [3.63, 3.8) is 0 Å². The summed E-state index contributed by atoms with van der Waals surface area (Å²) in [5.41, 5.74) is 0.632. The van der Waals surface area contributed by atoms with Crippen LogP contribution in [0.3, 0.4) is 0 Å². The summed E-state index contributed by atoms with van der Waals surface area (Å²) >= 11 is 5.88. The lowest BCUT2D eigenvalue weighted by atomic mass is 10.1. The maximum atomic E-state index is 12.4. The van der Waals surface area contributed by atoms with E-state index in [1.54, 1.807) is 16.7 Å². The SMILES string of the molecule is CCCc1c(O)[n+](CC(C)C)c2ccc(Cl)nn2c1=O. The van der Waals surface area contributed by atoms with E-state index >= 15 is 0 Å². The van der Waals surface area contributed by atoms with Crippen LogP contribution in [0.4, 0.5) is 0 Å². The molecule has 2 aromatic heterocycles. The number of hydrogen-bond acceptors (Lipinski definition) is 3. The van der Waals surface area contributed by atoms with Crippen LogP contribution < -0.4 is 10.1 Å². The van der Waals surface area contributed by atoms with Gasteiger partial charge in [-0.25, -0.2) is 4.79 Å². The van der Waals surface area contributed by atoms with Gasteiger partial charge < -0.3 is 5.11 Å². The second-order valence-electron chi connectivity index (χ2n) is 5.29. The van der Waals surface area contributed by atoms with Crippen LogP contribution in [0.2, 0.25) is 5.15 Å². The predicted octanol–water partition coefficient (Wildman–Crippen LogP) is 1.95. The molecule has 0 fully saturated rings.